The van der Waals surface area contributed by atoms with Crippen LogP contribution in [0.1, 0.15) is 34.1 Å². The second-order valence-corrected chi connectivity index (χ2v) is 3.79. The Bertz CT molecular complexity index is 64.8. The van der Waals surface area contributed by atoms with Crippen molar-refractivity contribution in [1.29, 1.82) is 0 Å². The molecule has 0 spiro atoms. The molecule has 1 unspecified atom stereocenters. The first-order valence-corrected chi connectivity index (χ1v) is 3.70. The van der Waals surface area contributed by atoms with Crippen LogP contribution >= 0.6 is 12.6 Å². The molecule has 1 atom stereocenters. The SMILES string of the molecule is CCC(C)(C)C(C)S. The topological polar surface area (TPSA) is 0 Å². The van der Waals surface area contributed by atoms with Gasteiger partial charge in [-0.3, -0.25) is 0 Å². The van der Waals surface area contributed by atoms with Crippen LogP contribution in [-0.4, -0.2) is 5.25 Å². The third kappa shape index (κ3) is 2.08. The Morgan fingerprint density at radius 1 is 1.50 bits per heavy atom. The molecule has 0 rings (SSSR count). The van der Waals surface area contributed by atoms with Gasteiger partial charge in [0.1, 0.15) is 0 Å². The van der Waals surface area contributed by atoms with Crippen LogP contribution in [0.15, 0.2) is 0 Å². The predicted octanol–water partition coefficient (Wildman–Crippen LogP) is 2.74. The summed E-state index contributed by atoms with van der Waals surface area (Å²) in [6, 6.07) is 0. The molecular formula is C7H16S. The molecule has 0 aromatic rings. The first kappa shape index (κ1) is 8.35. The Balaban J connectivity index is 3.71. The van der Waals surface area contributed by atoms with E-state index in [0.29, 0.717) is 10.7 Å². The molecule has 1 heteroatoms. The van der Waals surface area contributed by atoms with Crippen LogP contribution in [0.25, 0.3) is 0 Å². The highest BCUT2D eigenvalue weighted by molar-refractivity contribution is 7.81. The highest BCUT2D eigenvalue weighted by Crippen LogP contribution is 2.27. The van der Waals surface area contributed by atoms with Gasteiger partial charge in [0.15, 0.2) is 0 Å². The van der Waals surface area contributed by atoms with E-state index >= 15 is 0 Å². The van der Waals surface area contributed by atoms with E-state index in [4.69, 9.17) is 0 Å². The molecule has 50 valence electrons. The maximum Gasteiger partial charge on any atom is 0.00395 e. The van der Waals surface area contributed by atoms with Crippen molar-refractivity contribution in [3.63, 3.8) is 0 Å². The standard InChI is InChI=1S/C7H16S/c1-5-7(3,4)6(2)8/h6,8H,5H2,1-4H3. The number of hydrogen-bond acceptors (Lipinski definition) is 1. The molecule has 0 N–H and O–H groups in total. The van der Waals surface area contributed by atoms with Crippen LogP contribution in [0, 0.1) is 5.41 Å². The largest absolute Gasteiger partial charge is 0.176 e. The van der Waals surface area contributed by atoms with Crippen LogP contribution in [0.2, 0.25) is 0 Å². The van der Waals surface area contributed by atoms with Crippen LogP contribution < -0.4 is 0 Å². The van der Waals surface area contributed by atoms with E-state index in [2.05, 4.69) is 40.3 Å². The average molecular weight is 132 g/mol. The molecule has 0 radical (unpaired) electrons. The molecule has 8 heavy (non-hydrogen) atoms. The highest BCUT2D eigenvalue weighted by atomic mass is 32.1. The van der Waals surface area contributed by atoms with Gasteiger partial charge in [-0.2, -0.15) is 12.6 Å². The molecule has 0 aromatic carbocycles. The average Bonchev–Trinajstić information content (AvgIpc) is 1.67. The lowest BCUT2D eigenvalue weighted by atomic mass is 9.87. The first-order chi connectivity index (χ1) is 3.50. The summed E-state index contributed by atoms with van der Waals surface area (Å²) in [7, 11) is 0. The van der Waals surface area contributed by atoms with Crippen LogP contribution in [0.3, 0.4) is 0 Å². The van der Waals surface area contributed by atoms with Gasteiger partial charge in [0.2, 0.25) is 0 Å². The summed E-state index contributed by atoms with van der Waals surface area (Å²) in [6.07, 6.45) is 1.21. The summed E-state index contributed by atoms with van der Waals surface area (Å²) in [5.41, 5.74) is 0.406. The smallest absolute Gasteiger partial charge is 0.00395 e. The number of hydrogen-bond donors (Lipinski definition) is 1. The summed E-state index contributed by atoms with van der Waals surface area (Å²) in [5, 5.41) is 0.507. The van der Waals surface area contributed by atoms with E-state index in [1.165, 1.54) is 6.42 Å². The lowest BCUT2D eigenvalue weighted by Crippen LogP contribution is -2.20. The van der Waals surface area contributed by atoms with Crippen molar-refractivity contribution in [1.82, 2.24) is 0 Å². The summed E-state index contributed by atoms with van der Waals surface area (Å²) < 4.78 is 0. The Kier molecular flexibility index (Phi) is 2.89. The molecule has 0 aromatic heterocycles. The fourth-order valence-corrected chi connectivity index (χ4v) is 0.478. The van der Waals surface area contributed by atoms with Crippen molar-refractivity contribution in [3.8, 4) is 0 Å². The minimum absolute atomic E-state index is 0.406. The molecule has 0 saturated heterocycles. The molecule has 0 nitrogen and oxygen atoms in total. The first-order valence-electron chi connectivity index (χ1n) is 3.18. The molecule has 0 saturated carbocycles. The quantitative estimate of drug-likeness (QED) is 0.549. The summed E-state index contributed by atoms with van der Waals surface area (Å²) in [4.78, 5) is 0. The van der Waals surface area contributed by atoms with Crippen molar-refractivity contribution in [2.45, 2.75) is 39.4 Å². The second kappa shape index (κ2) is 2.77. The van der Waals surface area contributed by atoms with Crippen molar-refractivity contribution < 1.29 is 0 Å². The zero-order valence-electron chi connectivity index (χ0n) is 6.23. The molecule has 0 aliphatic carbocycles. The molecule has 0 amide bonds. The van der Waals surface area contributed by atoms with Gasteiger partial charge in [0, 0.05) is 5.25 Å². The molecule has 0 bridgehead atoms. The lowest BCUT2D eigenvalue weighted by Gasteiger charge is -2.26. The minimum atomic E-state index is 0.406. The van der Waals surface area contributed by atoms with Crippen molar-refractivity contribution in [3.05, 3.63) is 0 Å². The van der Waals surface area contributed by atoms with Gasteiger partial charge in [-0.1, -0.05) is 27.7 Å². The summed E-state index contributed by atoms with van der Waals surface area (Å²) >= 11 is 4.36. The maximum atomic E-state index is 4.36. The van der Waals surface area contributed by atoms with E-state index in [0.717, 1.165) is 0 Å². The molecule has 0 aliphatic rings. The van der Waals surface area contributed by atoms with E-state index in [1.807, 2.05) is 0 Å². The van der Waals surface area contributed by atoms with Crippen LogP contribution in [0.4, 0.5) is 0 Å². The number of thiol groups is 1. The van der Waals surface area contributed by atoms with Crippen molar-refractivity contribution >= 4 is 12.6 Å². The van der Waals surface area contributed by atoms with Crippen molar-refractivity contribution in [2.75, 3.05) is 0 Å². The van der Waals surface area contributed by atoms with E-state index < -0.39 is 0 Å². The third-order valence-electron chi connectivity index (χ3n) is 2.04. The van der Waals surface area contributed by atoms with E-state index in [1.54, 1.807) is 0 Å². The Morgan fingerprint density at radius 2 is 1.88 bits per heavy atom. The molecule has 0 heterocycles. The van der Waals surface area contributed by atoms with E-state index in [9.17, 15) is 0 Å². The summed E-state index contributed by atoms with van der Waals surface area (Å²) in [6.45, 7) is 8.83. The third-order valence-corrected chi connectivity index (χ3v) is 2.74. The van der Waals surface area contributed by atoms with Gasteiger partial charge in [-0.25, -0.2) is 0 Å². The van der Waals surface area contributed by atoms with Gasteiger partial charge in [-0.05, 0) is 11.8 Å². The van der Waals surface area contributed by atoms with Crippen molar-refractivity contribution in [2.24, 2.45) is 5.41 Å². The fourth-order valence-electron chi connectivity index (χ4n) is 0.295. The normalized spacial score (nSPS) is 16.1. The molecule has 0 fully saturated rings. The zero-order chi connectivity index (χ0) is 6.78. The Morgan fingerprint density at radius 3 is 1.88 bits per heavy atom. The number of rotatable bonds is 2. The Labute approximate surface area is 58.1 Å². The van der Waals surface area contributed by atoms with Gasteiger partial charge in [-0.15, -0.1) is 0 Å². The molecule has 0 aliphatic heterocycles. The van der Waals surface area contributed by atoms with Crippen LogP contribution in [-0.2, 0) is 0 Å². The van der Waals surface area contributed by atoms with Gasteiger partial charge < -0.3 is 0 Å². The maximum absolute atomic E-state index is 4.36. The summed E-state index contributed by atoms with van der Waals surface area (Å²) in [5.74, 6) is 0. The highest BCUT2D eigenvalue weighted by Gasteiger charge is 2.19. The predicted molar refractivity (Wildman–Crippen MR) is 42.5 cm³/mol. The Hall–Kier alpha value is 0.350. The van der Waals surface area contributed by atoms with E-state index in [-0.39, 0.29) is 0 Å². The van der Waals surface area contributed by atoms with Gasteiger partial charge in [0.05, 0.1) is 0 Å². The fraction of sp³-hybridized carbons (Fsp3) is 1.00. The van der Waals surface area contributed by atoms with Gasteiger partial charge in [0.25, 0.3) is 0 Å². The lowest BCUT2D eigenvalue weighted by molar-refractivity contribution is 0.351. The monoisotopic (exact) mass is 132 g/mol. The molecular weight excluding hydrogens is 116 g/mol. The zero-order valence-corrected chi connectivity index (χ0v) is 7.13. The van der Waals surface area contributed by atoms with Crippen LogP contribution in [0.5, 0.6) is 0 Å². The van der Waals surface area contributed by atoms with Gasteiger partial charge >= 0.3 is 0 Å². The minimum Gasteiger partial charge on any atom is -0.176 e. The second-order valence-electron chi connectivity index (χ2n) is 3.02.